The molecule has 6 nitrogen and oxygen atoms in total. The lowest BCUT2D eigenvalue weighted by Crippen LogP contribution is -2.50. The van der Waals surface area contributed by atoms with Gasteiger partial charge in [-0.25, -0.2) is 9.79 Å². The molecular weight excluding hydrogens is 352 g/mol. The maximum atomic E-state index is 12.5. The van der Waals surface area contributed by atoms with Gasteiger partial charge in [-0.15, -0.1) is 5.10 Å². The number of rotatable bonds is 3. The minimum atomic E-state index is -0.361. The van der Waals surface area contributed by atoms with Crippen LogP contribution in [0.1, 0.15) is 44.2 Å². The average molecular weight is 374 g/mol. The number of cyclic esters (lactones) is 1. The van der Waals surface area contributed by atoms with Crippen LogP contribution in [0.25, 0.3) is 11.8 Å². The lowest BCUT2D eigenvalue weighted by Gasteiger charge is -2.55. The Bertz CT molecular complexity index is 969. The van der Waals surface area contributed by atoms with E-state index in [4.69, 9.17) is 4.74 Å². The van der Waals surface area contributed by atoms with Crippen LogP contribution in [0.5, 0.6) is 0 Å². The van der Waals surface area contributed by atoms with E-state index >= 15 is 0 Å². The Balaban J connectivity index is 1.30. The number of ether oxygens (including phenoxy) is 1. The zero-order chi connectivity index (χ0) is 18.7. The van der Waals surface area contributed by atoms with Crippen molar-refractivity contribution in [3.63, 3.8) is 0 Å². The quantitative estimate of drug-likeness (QED) is 0.606. The lowest BCUT2D eigenvalue weighted by atomic mass is 9.49. The Labute approximate surface area is 163 Å². The van der Waals surface area contributed by atoms with Crippen molar-refractivity contribution in [2.45, 2.75) is 38.5 Å². The normalized spacial score (nSPS) is 34.7. The van der Waals surface area contributed by atoms with Crippen LogP contribution >= 0.6 is 0 Å². The summed E-state index contributed by atoms with van der Waals surface area (Å²) in [4.78, 5) is 18.7. The third kappa shape index (κ3) is 2.54. The zero-order valence-corrected chi connectivity index (χ0v) is 15.6. The van der Waals surface area contributed by atoms with Gasteiger partial charge in [-0.3, -0.25) is 0 Å². The second-order valence-corrected chi connectivity index (χ2v) is 8.93. The number of carbonyl (C=O) groups is 1. The van der Waals surface area contributed by atoms with Gasteiger partial charge in [0, 0.05) is 11.5 Å². The van der Waals surface area contributed by atoms with Gasteiger partial charge in [-0.05, 0) is 68.4 Å². The SMILES string of the molecule is O=C1OC(C23CC4CC(CC(C4)C2)C3)=N/C1=C\c1cnn(-c2ccccc2)n1. The van der Waals surface area contributed by atoms with E-state index in [1.54, 1.807) is 17.1 Å². The maximum absolute atomic E-state index is 12.5. The molecule has 7 rings (SSSR count). The van der Waals surface area contributed by atoms with Gasteiger partial charge < -0.3 is 4.74 Å². The predicted octanol–water partition coefficient (Wildman–Crippen LogP) is 3.78. The molecule has 28 heavy (non-hydrogen) atoms. The van der Waals surface area contributed by atoms with Crippen molar-refractivity contribution in [1.82, 2.24) is 15.0 Å². The first kappa shape index (κ1) is 16.2. The fourth-order valence-electron chi connectivity index (χ4n) is 6.18. The van der Waals surface area contributed by atoms with E-state index in [1.165, 1.54) is 19.3 Å². The highest BCUT2D eigenvalue weighted by molar-refractivity contribution is 6.08. The highest BCUT2D eigenvalue weighted by atomic mass is 16.6. The molecule has 2 heterocycles. The summed E-state index contributed by atoms with van der Waals surface area (Å²) < 4.78 is 5.71. The topological polar surface area (TPSA) is 69.4 Å². The lowest BCUT2D eigenvalue weighted by molar-refractivity contribution is -0.131. The zero-order valence-electron chi connectivity index (χ0n) is 15.6. The number of esters is 1. The molecule has 4 aliphatic carbocycles. The molecule has 0 saturated heterocycles. The number of benzene rings is 1. The minimum absolute atomic E-state index is 0.0123. The van der Waals surface area contributed by atoms with Gasteiger partial charge >= 0.3 is 5.97 Å². The first-order chi connectivity index (χ1) is 13.7. The number of carbonyl (C=O) groups excluding carboxylic acids is 1. The molecule has 6 heteroatoms. The standard InChI is InChI=1S/C22H22N4O2/c27-20-19(9-17-13-23-26(25-17)18-4-2-1-3-5-18)24-21(28-20)22-10-14-6-15(11-22)8-16(7-14)12-22/h1-5,9,13-16H,6-8,10-12H2/b19-9-. The number of aliphatic imine (C=N–C) groups is 1. The van der Waals surface area contributed by atoms with Gasteiger partial charge in [0.15, 0.2) is 5.70 Å². The molecule has 142 valence electrons. The molecule has 0 atom stereocenters. The van der Waals surface area contributed by atoms with Crippen LogP contribution in [-0.2, 0) is 9.53 Å². The Kier molecular flexibility index (Phi) is 3.40. The number of nitrogens with zero attached hydrogens (tertiary/aromatic N) is 4. The van der Waals surface area contributed by atoms with E-state index < -0.39 is 0 Å². The smallest absolute Gasteiger partial charge is 0.363 e. The molecular formula is C22H22N4O2. The summed E-state index contributed by atoms with van der Waals surface area (Å²) in [5.74, 6) is 2.66. The molecule has 0 N–H and O–H groups in total. The third-order valence-corrected chi connectivity index (χ3v) is 6.89. The number of hydrogen-bond donors (Lipinski definition) is 0. The molecule has 5 aliphatic rings. The molecule has 0 unspecified atom stereocenters. The van der Waals surface area contributed by atoms with Gasteiger partial charge in [0.1, 0.15) is 5.69 Å². The van der Waals surface area contributed by atoms with Crippen molar-refractivity contribution < 1.29 is 9.53 Å². The molecule has 4 fully saturated rings. The van der Waals surface area contributed by atoms with Crippen molar-refractivity contribution in [1.29, 1.82) is 0 Å². The summed E-state index contributed by atoms with van der Waals surface area (Å²) >= 11 is 0. The average Bonchev–Trinajstić information content (AvgIpc) is 3.29. The Morgan fingerprint density at radius 2 is 1.71 bits per heavy atom. The molecule has 4 bridgehead atoms. The molecule has 1 aromatic carbocycles. The van der Waals surface area contributed by atoms with E-state index in [-0.39, 0.29) is 11.4 Å². The summed E-state index contributed by atoms with van der Waals surface area (Å²) in [5, 5.41) is 8.74. The predicted molar refractivity (Wildman–Crippen MR) is 103 cm³/mol. The first-order valence-corrected chi connectivity index (χ1v) is 10.2. The highest BCUT2D eigenvalue weighted by Gasteiger charge is 2.55. The van der Waals surface area contributed by atoms with Gasteiger partial charge in [0.25, 0.3) is 0 Å². The van der Waals surface area contributed by atoms with E-state index in [2.05, 4.69) is 15.2 Å². The van der Waals surface area contributed by atoms with Crippen LogP contribution < -0.4 is 0 Å². The second-order valence-electron chi connectivity index (χ2n) is 8.93. The Morgan fingerprint density at radius 1 is 1.04 bits per heavy atom. The Hall–Kier alpha value is -2.76. The minimum Gasteiger partial charge on any atom is -0.406 e. The molecule has 2 aromatic rings. The number of para-hydroxylation sites is 1. The van der Waals surface area contributed by atoms with Crippen molar-refractivity contribution in [2.75, 3.05) is 0 Å². The van der Waals surface area contributed by atoms with Crippen LogP contribution in [0.15, 0.2) is 47.2 Å². The van der Waals surface area contributed by atoms with Crippen molar-refractivity contribution in [2.24, 2.45) is 28.2 Å². The summed E-state index contributed by atoms with van der Waals surface area (Å²) in [6, 6.07) is 9.69. The fourth-order valence-corrected chi connectivity index (χ4v) is 6.18. The Morgan fingerprint density at radius 3 is 2.39 bits per heavy atom. The summed E-state index contributed by atoms with van der Waals surface area (Å²) in [7, 11) is 0. The van der Waals surface area contributed by atoms with Gasteiger partial charge in [-0.2, -0.15) is 9.90 Å². The molecule has 0 amide bonds. The third-order valence-electron chi connectivity index (χ3n) is 6.89. The van der Waals surface area contributed by atoms with E-state index in [1.807, 2.05) is 30.3 Å². The van der Waals surface area contributed by atoms with Crippen LogP contribution in [0, 0.1) is 23.2 Å². The fraction of sp³-hybridized carbons (Fsp3) is 0.455. The van der Waals surface area contributed by atoms with Crippen molar-refractivity contribution in [3.05, 3.63) is 47.9 Å². The van der Waals surface area contributed by atoms with Crippen molar-refractivity contribution in [3.8, 4) is 5.69 Å². The highest BCUT2D eigenvalue weighted by Crippen LogP contribution is 2.61. The summed E-state index contributed by atoms with van der Waals surface area (Å²) in [5.41, 5.74) is 1.80. The van der Waals surface area contributed by atoms with Crippen LogP contribution in [0.4, 0.5) is 0 Å². The largest absolute Gasteiger partial charge is 0.406 e. The number of hydrogen-bond acceptors (Lipinski definition) is 5. The van der Waals surface area contributed by atoms with Crippen LogP contribution in [0.2, 0.25) is 0 Å². The molecule has 0 radical (unpaired) electrons. The molecule has 1 aromatic heterocycles. The van der Waals surface area contributed by atoms with Crippen molar-refractivity contribution >= 4 is 17.9 Å². The van der Waals surface area contributed by atoms with E-state index in [0.29, 0.717) is 17.3 Å². The molecule has 1 aliphatic heterocycles. The summed E-state index contributed by atoms with van der Waals surface area (Å²) in [6.45, 7) is 0. The molecule has 4 saturated carbocycles. The maximum Gasteiger partial charge on any atom is 0.363 e. The van der Waals surface area contributed by atoms with Crippen LogP contribution in [-0.4, -0.2) is 26.9 Å². The van der Waals surface area contributed by atoms with Crippen LogP contribution in [0.3, 0.4) is 0 Å². The molecule has 0 spiro atoms. The number of aromatic nitrogens is 3. The van der Waals surface area contributed by atoms with Gasteiger partial charge in [0.05, 0.1) is 11.9 Å². The monoisotopic (exact) mass is 374 g/mol. The van der Waals surface area contributed by atoms with Gasteiger partial charge in [-0.1, -0.05) is 18.2 Å². The van der Waals surface area contributed by atoms with Gasteiger partial charge in [0.2, 0.25) is 5.90 Å². The second kappa shape index (κ2) is 5.87. The summed E-state index contributed by atoms with van der Waals surface area (Å²) in [6.07, 6.45) is 10.8. The van der Waals surface area contributed by atoms with E-state index in [9.17, 15) is 4.79 Å². The van der Waals surface area contributed by atoms with E-state index in [0.717, 1.165) is 42.7 Å². The first-order valence-electron chi connectivity index (χ1n) is 10.2.